The van der Waals surface area contributed by atoms with Gasteiger partial charge in [-0.3, -0.25) is 46.2 Å². The fourth-order valence-electron chi connectivity index (χ4n) is 13.4. The highest BCUT2D eigenvalue weighted by atomic mass is 32.2. The van der Waals surface area contributed by atoms with Crippen LogP contribution in [-0.4, -0.2) is 122 Å². The predicted octanol–water partition coefficient (Wildman–Crippen LogP) is 13.9. The summed E-state index contributed by atoms with van der Waals surface area (Å²) in [7, 11) is -11.0. The van der Waals surface area contributed by atoms with Crippen molar-refractivity contribution in [1.29, 1.82) is 0 Å². The number of hydrogen-bond acceptors (Lipinski definition) is 15. The van der Waals surface area contributed by atoms with E-state index in [1.807, 2.05) is 104 Å². The fraction of sp³-hybridized carbons (Fsp3) is 0.195. The summed E-state index contributed by atoms with van der Waals surface area (Å²) in [6.45, 7) is 7.39. The molecule has 12 aromatic rings. The quantitative estimate of drug-likeness (QED) is 0.0675. The second-order valence-corrected chi connectivity index (χ2v) is 35.1. The van der Waals surface area contributed by atoms with Crippen LogP contribution in [0.3, 0.4) is 0 Å². The Morgan fingerprint density at radius 2 is 0.802 bits per heavy atom. The van der Waals surface area contributed by atoms with Gasteiger partial charge in [0.05, 0.1) is 57.5 Å². The van der Waals surface area contributed by atoms with Crippen LogP contribution < -0.4 is 43.8 Å². The highest BCUT2D eigenvalue weighted by Crippen LogP contribution is 2.32. The molecule has 16 rings (SSSR count). The standard InChI is InChI=1S/C25H25N3O4S.C20H21N3O3S.C19H17N3O3S.C18H16N2O4S/c1-17-9-10-20(16-23(17)27-24(29)19-7-4-3-5-8-19)26-25(30)22-12-11-21(15-18(22)2)28-13-6-14-33(28,31)32;1-14-12-17(23-9-3-11-27(23,25)26)6-7-18(14)20(24)21-16-5-4-15-8-10-22(2)19(15)13-16;23-19(21-16-6-9-18-15(13-16)3-1-10-20-18)14-4-7-17(8-5-14)22-11-2-12-26(22,24)25;21-18(19-15-4-7-17-14(12-15)8-10-24-17)13-2-5-16(6-3-13)20-9-1-11-25(20,22)23/h3-5,7-12,15-16H,6,13-14H2,1-2H3,(H,26,30)(H,27,29);4-8,10,12-13H,3,9,11H2,1-2H3,(H,21,24);1,3-10,13H,2,11-12H2,(H,21,23);2-8,10,12H,1,9,11H2,(H,19,21). The maximum Gasteiger partial charge on any atom is 0.255 e. The van der Waals surface area contributed by atoms with Crippen LogP contribution in [0.1, 0.15) is 94.2 Å². The van der Waals surface area contributed by atoms with E-state index in [0.29, 0.717) is 131 Å². The van der Waals surface area contributed by atoms with E-state index >= 15 is 0 Å². The molecule has 4 aliphatic heterocycles. The van der Waals surface area contributed by atoms with Crippen LogP contribution in [0.15, 0.2) is 235 Å². The lowest BCUT2D eigenvalue weighted by Crippen LogP contribution is -2.25. The van der Waals surface area contributed by atoms with Crippen molar-refractivity contribution in [2.75, 3.05) is 93.0 Å². The van der Waals surface area contributed by atoms with E-state index in [0.717, 1.165) is 49.6 Å². The third kappa shape index (κ3) is 17.9. The minimum absolute atomic E-state index is 0.144. The number of nitrogens with zero attached hydrogens (tertiary/aromatic N) is 6. The largest absolute Gasteiger partial charge is 0.464 e. The van der Waals surface area contributed by atoms with Crippen LogP contribution in [0.5, 0.6) is 0 Å². The van der Waals surface area contributed by atoms with Crippen molar-refractivity contribution in [1.82, 2.24) is 9.55 Å². The number of aromatic nitrogens is 2. The first kappa shape index (κ1) is 77.0. The lowest BCUT2D eigenvalue weighted by Gasteiger charge is -2.18. The number of anilines is 9. The van der Waals surface area contributed by atoms with Gasteiger partial charge in [-0.15, -0.1) is 0 Å². The van der Waals surface area contributed by atoms with Gasteiger partial charge in [0.2, 0.25) is 40.1 Å². The molecular formula is C82H79N11O14S4. The summed E-state index contributed by atoms with van der Waals surface area (Å²) in [5.74, 6) is -0.587. The number of fused-ring (bicyclic) bond motifs is 3. The Hall–Kier alpha value is -12.2. The van der Waals surface area contributed by atoms with Crippen LogP contribution in [0.4, 0.5) is 51.2 Å². The number of carbonyl (C=O) groups excluding carboxylic acids is 5. The first-order valence-electron chi connectivity index (χ1n) is 35.7. The van der Waals surface area contributed by atoms with E-state index < -0.39 is 40.1 Å². The molecule has 4 aliphatic rings. The van der Waals surface area contributed by atoms with Gasteiger partial charge in [0.15, 0.2) is 0 Å². The number of furan rings is 1. The van der Waals surface area contributed by atoms with Crippen LogP contribution >= 0.6 is 0 Å². The second kappa shape index (κ2) is 32.6. The molecule has 0 bridgehead atoms. The monoisotopic (exact) mass is 1570 g/mol. The predicted molar refractivity (Wildman–Crippen MR) is 437 cm³/mol. The summed E-state index contributed by atoms with van der Waals surface area (Å²) in [4.78, 5) is 67.2. The summed E-state index contributed by atoms with van der Waals surface area (Å²) in [6, 6.07) is 61.9. The van der Waals surface area contributed by atoms with Crippen molar-refractivity contribution in [3.05, 3.63) is 275 Å². The van der Waals surface area contributed by atoms with E-state index in [2.05, 4.69) is 31.6 Å². The molecule has 25 nitrogen and oxygen atoms in total. The van der Waals surface area contributed by atoms with E-state index in [-0.39, 0.29) is 52.5 Å². The average molecular weight is 1570 g/mol. The highest BCUT2D eigenvalue weighted by molar-refractivity contribution is 7.94. The molecule has 0 saturated carbocycles. The van der Waals surface area contributed by atoms with Gasteiger partial charge in [-0.1, -0.05) is 36.4 Å². The Morgan fingerprint density at radius 3 is 1.31 bits per heavy atom. The molecule has 0 aliphatic carbocycles. The van der Waals surface area contributed by atoms with Crippen LogP contribution in [0, 0.1) is 20.8 Å². The number of sulfonamides is 4. The molecule has 0 unspecified atom stereocenters. The highest BCUT2D eigenvalue weighted by Gasteiger charge is 2.33. The number of rotatable bonds is 14. The summed E-state index contributed by atoms with van der Waals surface area (Å²) >= 11 is 0. The number of nitrogens with one attached hydrogen (secondary N) is 5. The van der Waals surface area contributed by atoms with Crippen molar-refractivity contribution < 1.29 is 62.1 Å². The normalized spacial score (nSPS) is 15.6. The molecule has 0 radical (unpaired) electrons. The lowest BCUT2D eigenvalue weighted by molar-refractivity contribution is 0.101. The Labute approximate surface area is 643 Å². The van der Waals surface area contributed by atoms with E-state index in [9.17, 15) is 57.6 Å². The molecule has 4 saturated heterocycles. The molecule has 3 aromatic heterocycles. The fourth-order valence-corrected chi connectivity index (χ4v) is 19.6. The average Bonchev–Trinajstić information content (AvgIpc) is 1.75. The van der Waals surface area contributed by atoms with Crippen molar-refractivity contribution in [3.8, 4) is 0 Å². The topological polar surface area (TPSA) is 326 Å². The van der Waals surface area contributed by atoms with Gasteiger partial charge in [0, 0.05) is 118 Å². The molecule has 9 aromatic carbocycles. The van der Waals surface area contributed by atoms with Gasteiger partial charge in [-0.2, -0.15) is 0 Å². The van der Waals surface area contributed by atoms with Gasteiger partial charge < -0.3 is 35.6 Å². The molecule has 0 atom stereocenters. The Morgan fingerprint density at radius 1 is 0.369 bits per heavy atom. The molecule has 7 heterocycles. The molecule has 111 heavy (non-hydrogen) atoms. The first-order chi connectivity index (χ1) is 53.1. The third-order valence-corrected chi connectivity index (χ3v) is 26.7. The minimum atomic E-state index is -3.28. The van der Waals surface area contributed by atoms with Crippen LogP contribution in [-0.2, 0) is 47.1 Å². The molecular weight excluding hydrogens is 1490 g/mol. The van der Waals surface area contributed by atoms with Crippen molar-refractivity contribution in [2.24, 2.45) is 7.05 Å². The first-order valence-corrected chi connectivity index (χ1v) is 42.1. The molecule has 0 spiro atoms. The van der Waals surface area contributed by atoms with Crippen molar-refractivity contribution in [2.45, 2.75) is 46.5 Å². The Kier molecular flexibility index (Phi) is 22.6. The number of aryl methyl sites for hydroxylation is 4. The van der Waals surface area contributed by atoms with E-state index in [1.54, 1.807) is 159 Å². The van der Waals surface area contributed by atoms with Gasteiger partial charge in [-0.05, 0) is 244 Å². The second-order valence-electron chi connectivity index (χ2n) is 27.0. The van der Waals surface area contributed by atoms with Gasteiger partial charge in [0.25, 0.3) is 29.5 Å². The molecule has 570 valence electrons. The zero-order valence-corrected chi connectivity index (χ0v) is 64.2. The van der Waals surface area contributed by atoms with Crippen LogP contribution in [0.25, 0.3) is 32.8 Å². The Bertz CT molecular complexity index is 6060. The maximum absolute atomic E-state index is 12.9. The van der Waals surface area contributed by atoms with Crippen LogP contribution in [0.2, 0.25) is 0 Å². The van der Waals surface area contributed by atoms with Gasteiger partial charge in [0.1, 0.15) is 5.58 Å². The zero-order chi connectivity index (χ0) is 78.4. The SMILES string of the molecule is Cc1cc(N2CCCS2(=O)=O)ccc1C(=O)Nc1ccc2ccn(C)c2c1.Cc1ccc(NC(=O)c2ccc(N3CCCS3(=O)=O)cc2C)cc1NC(=O)c1ccccc1.O=C(Nc1ccc2ncccc2c1)c1ccc(N2CCCS2(=O)=O)cc1.O=C(Nc1ccc2occc2c1)c1ccc(N2CCCS2(=O)=O)cc1. The molecule has 5 amide bonds. The molecule has 29 heteroatoms. The number of carbonyl (C=O) groups is 5. The molecule has 4 fully saturated rings. The number of hydrogen-bond donors (Lipinski definition) is 5. The zero-order valence-electron chi connectivity index (χ0n) is 61.0. The summed E-state index contributed by atoms with van der Waals surface area (Å²) in [6.07, 6.45) is 7.78. The Balaban J connectivity index is 0.000000131. The smallest absolute Gasteiger partial charge is 0.255 e. The lowest BCUT2D eigenvalue weighted by atomic mass is 10.1. The summed E-state index contributed by atoms with van der Waals surface area (Å²) in [5, 5.41) is 17.3. The van der Waals surface area contributed by atoms with Gasteiger partial charge in [-0.25, -0.2) is 33.7 Å². The van der Waals surface area contributed by atoms with E-state index in [4.69, 9.17) is 4.42 Å². The van der Waals surface area contributed by atoms with Crippen molar-refractivity contribution >= 4 is 154 Å². The number of amides is 5. The van der Waals surface area contributed by atoms with Crippen molar-refractivity contribution in [3.63, 3.8) is 0 Å². The summed E-state index contributed by atoms with van der Waals surface area (Å²) in [5.41, 5.74) is 13.0. The van der Waals surface area contributed by atoms with E-state index in [1.165, 1.54) is 17.2 Å². The molecule has 5 N–H and O–H groups in total. The summed E-state index contributed by atoms with van der Waals surface area (Å²) < 4.78 is 109. The number of pyridine rings is 1. The number of benzene rings is 9. The van der Waals surface area contributed by atoms with Gasteiger partial charge >= 0.3 is 0 Å². The maximum atomic E-state index is 12.9. The third-order valence-electron chi connectivity index (χ3n) is 19.2. The minimum Gasteiger partial charge on any atom is -0.464 e.